The minimum Gasteiger partial charge on any atom is -0.462 e. The summed E-state index contributed by atoms with van der Waals surface area (Å²) in [6.45, 7) is 4.33. The first-order valence-electron chi connectivity index (χ1n) is 6.17. The molecule has 0 heterocycles. The molecule has 19 heavy (non-hydrogen) atoms. The summed E-state index contributed by atoms with van der Waals surface area (Å²) < 4.78 is 11.1. The molecule has 0 bridgehead atoms. The summed E-state index contributed by atoms with van der Waals surface area (Å²) in [6, 6.07) is 7.25. The van der Waals surface area contributed by atoms with Crippen molar-refractivity contribution < 1.29 is 19.4 Å². The molecule has 0 aromatic heterocycles. The Morgan fingerprint density at radius 3 is 2.58 bits per heavy atom. The Hall–Kier alpha value is -0.910. The van der Waals surface area contributed by atoms with Crippen LogP contribution in [0.3, 0.4) is 0 Å². The van der Waals surface area contributed by atoms with Gasteiger partial charge in [-0.2, -0.15) is 0 Å². The minimum absolute atomic E-state index is 0.0699. The Labute approximate surface area is 121 Å². The maximum absolute atomic E-state index is 11.4. The van der Waals surface area contributed by atoms with Crippen molar-refractivity contribution in [2.75, 3.05) is 19.8 Å². The van der Waals surface area contributed by atoms with Crippen molar-refractivity contribution in [2.45, 2.75) is 25.9 Å². The second kappa shape index (κ2) is 7.62. The summed E-state index contributed by atoms with van der Waals surface area (Å²) in [4.78, 5) is 11.4. The molecule has 0 saturated carbocycles. The Morgan fingerprint density at radius 1 is 1.37 bits per heavy atom. The van der Waals surface area contributed by atoms with Crippen LogP contribution in [0.1, 0.15) is 25.8 Å². The van der Waals surface area contributed by atoms with Crippen molar-refractivity contribution >= 4 is 21.9 Å². The van der Waals surface area contributed by atoms with Crippen LogP contribution in [0.5, 0.6) is 0 Å². The number of esters is 1. The normalized spacial score (nSPS) is 13.9. The van der Waals surface area contributed by atoms with E-state index in [4.69, 9.17) is 9.47 Å². The fraction of sp³-hybridized carbons (Fsp3) is 0.500. The zero-order valence-corrected chi connectivity index (χ0v) is 12.8. The molecule has 0 spiro atoms. The highest BCUT2D eigenvalue weighted by molar-refractivity contribution is 9.10. The fourth-order valence-corrected chi connectivity index (χ4v) is 1.75. The van der Waals surface area contributed by atoms with E-state index in [2.05, 4.69) is 15.9 Å². The average Bonchev–Trinajstić information content (AvgIpc) is 2.37. The molecule has 1 aromatic rings. The third kappa shape index (κ3) is 5.72. The first-order chi connectivity index (χ1) is 8.95. The van der Waals surface area contributed by atoms with Gasteiger partial charge in [-0.05, 0) is 31.5 Å². The van der Waals surface area contributed by atoms with E-state index in [9.17, 15) is 9.90 Å². The highest BCUT2D eigenvalue weighted by Crippen LogP contribution is 2.23. The van der Waals surface area contributed by atoms with Gasteiger partial charge in [0, 0.05) is 11.1 Å². The number of aliphatic hydroxyl groups is 1. The standard InChI is InChI=1S/C14H19BrO4/c1-3-18-9-8-13(16)19-10-14(2,17)11-4-6-12(15)7-5-11/h4-7,17H,3,8-10H2,1-2H3. The lowest BCUT2D eigenvalue weighted by Gasteiger charge is -2.23. The third-order valence-corrected chi connectivity index (χ3v) is 3.16. The highest BCUT2D eigenvalue weighted by Gasteiger charge is 2.25. The van der Waals surface area contributed by atoms with Gasteiger partial charge in [0.25, 0.3) is 0 Å². The Bertz CT molecular complexity index is 400. The Morgan fingerprint density at radius 2 is 2.00 bits per heavy atom. The van der Waals surface area contributed by atoms with Crippen LogP contribution in [0.4, 0.5) is 0 Å². The van der Waals surface area contributed by atoms with Crippen molar-refractivity contribution in [3.63, 3.8) is 0 Å². The van der Waals surface area contributed by atoms with Crippen LogP contribution in [-0.4, -0.2) is 30.9 Å². The smallest absolute Gasteiger partial charge is 0.308 e. The Kier molecular flexibility index (Phi) is 6.48. The predicted molar refractivity (Wildman–Crippen MR) is 75.8 cm³/mol. The van der Waals surface area contributed by atoms with Gasteiger partial charge < -0.3 is 14.6 Å². The first-order valence-corrected chi connectivity index (χ1v) is 6.97. The molecule has 1 unspecified atom stereocenters. The average molecular weight is 331 g/mol. The molecule has 0 amide bonds. The van der Waals surface area contributed by atoms with Gasteiger partial charge in [-0.1, -0.05) is 28.1 Å². The number of carbonyl (C=O) groups excluding carboxylic acids is 1. The second-order valence-electron chi connectivity index (χ2n) is 4.39. The maximum Gasteiger partial charge on any atom is 0.308 e. The molecule has 0 aliphatic rings. The number of hydrogen-bond donors (Lipinski definition) is 1. The summed E-state index contributed by atoms with van der Waals surface area (Å²) >= 11 is 3.33. The van der Waals surface area contributed by atoms with Crippen LogP contribution >= 0.6 is 15.9 Å². The quantitative estimate of drug-likeness (QED) is 0.616. The van der Waals surface area contributed by atoms with E-state index in [1.54, 1.807) is 19.1 Å². The van der Waals surface area contributed by atoms with Crippen LogP contribution in [0.15, 0.2) is 28.7 Å². The third-order valence-electron chi connectivity index (χ3n) is 2.63. The molecule has 0 aliphatic heterocycles. The lowest BCUT2D eigenvalue weighted by molar-refractivity contribution is -0.152. The number of benzene rings is 1. The monoisotopic (exact) mass is 330 g/mol. The van der Waals surface area contributed by atoms with E-state index < -0.39 is 5.60 Å². The van der Waals surface area contributed by atoms with Gasteiger partial charge in [-0.3, -0.25) is 4.79 Å². The van der Waals surface area contributed by atoms with Gasteiger partial charge in [0.2, 0.25) is 0 Å². The molecule has 1 aromatic carbocycles. The van der Waals surface area contributed by atoms with Crippen molar-refractivity contribution in [3.8, 4) is 0 Å². The molecule has 106 valence electrons. The molecule has 1 atom stereocenters. The topological polar surface area (TPSA) is 55.8 Å². The van der Waals surface area contributed by atoms with Gasteiger partial charge in [0.05, 0.1) is 13.0 Å². The van der Waals surface area contributed by atoms with Crippen LogP contribution in [0, 0.1) is 0 Å². The van der Waals surface area contributed by atoms with Gasteiger partial charge in [0.15, 0.2) is 0 Å². The van der Waals surface area contributed by atoms with Crippen LogP contribution in [0.25, 0.3) is 0 Å². The molecule has 4 nitrogen and oxygen atoms in total. The minimum atomic E-state index is -1.19. The molecule has 0 aliphatic carbocycles. The van der Waals surface area contributed by atoms with Crippen molar-refractivity contribution in [2.24, 2.45) is 0 Å². The molecule has 1 rings (SSSR count). The van der Waals surface area contributed by atoms with Crippen LogP contribution < -0.4 is 0 Å². The van der Waals surface area contributed by atoms with E-state index in [1.807, 2.05) is 19.1 Å². The number of carbonyl (C=O) groups is 1. The highest BCUT2D eigenvalue weighted by atomic mass is 79.9. The Balaban J connectivity index is 2.46. The molecule has 5 heteroatoms. The van der Waals surface area contributed by atoms with E-state index in [1.165, 1.54) is 0 Å². The molecule has 0 fully saturated rings. The summed E-state index contributed by atoms with van der Waals surface area (Å²) in [5, 5.41) is 10.3. The molecule has 1 N–H and O–H groups in total. The van der Waals surface area contributed by atoms with E-state index in [-0.39, 0.29) is 19.0 Å². The van der Waals surface area contributed by atoms with Crippen LogP contribution in [0.2, 0.25) is 0 Å². The predicted octanol–water partition coefficient (Wildman–Crippen LogP) is 2.63. The van der Waals surface area contributed by atoms with Crippen molar-refractivity contribution in [3.05, 3.63) is 34.3 Å². The number of rotatable bonds is 7. The van der Waals surface area contributed by atoms with Crippen LogP contribution in [-0.2, 0) is 19.9 Å². The molecular formula is C14H19BrO4. The SMILES string of the molecule is CCOCCC(=O)OCC(C)(O)c1ccc(Br)cc1. The van der Waals surface area contributed by atoms with E-state index in [0.717, 1.165) is 4.47 Å². The van der Waals surface area contributed by atoms with Crippen molar-refractivity contribution in [1.82, 2.24) is 0 Å². The summed E-state index contributed by atoms with van der Waals surface area (Å²) in [5.41, 5.74) is -0.490. The van der Waals surface area contributed by atoms with Gasteiger partial charge >= 0.3 is 5.97 Å². The molecular weight excluding hydrogens is 312 g/mol. The van der Waals surface area contributed by atoms with Gasteiger partial charge in [-0.15, -0.1) is 0 Å². The zero-order chi connectivity index (χ0) is 14.3. The lowest BCUT2D eigenvalue weighted by atomic mass is 9.97. The maximum atomic E-state index is 11.4. The molecule has 0 saturated heterocycles. The van der Waals surface area contributed by atoms with Gasteiger partial charge in [0.1, 0.15) is 12.2 Å². The summed E-state index contributed by atoms with van der Waals surface area (Å²) in [5.74, 6) is -0.370. The number of hydrogen-bond acceptors (Lipinski definition) is 4. The molecule has 0 radical (unpaired) electrons. The first kappa shape index (κ1) is 16.1. The number of halogens is 1. The van der Waals surface area contributed by atoms with Crippen molar-refractivity contribution in [1.29, 1.82) is 0 Å². The summed E-state index contributed by atoms with van der Waals surface area (Å²) in [6.07, 6.45) is 0.199. The number of ether oxygens (including phenoxy) is 2. The largest absolute Gasteiger partial charge is 0.462 e. The zero-order valence-electron chi connectivity index (χ0n) is 11.2. The summed E-state index contributed by atoms with van der Waals surface area (Å²) in [7, 11) is 0. The van der Waals surface area contributed by atoms with Gasteiger partial charge in [-0.25, -0.2) is 0 Å². The fourth-order valence-electron chi connectivity index (χ4n) is 1.49. The second-order valence-corrected chi connectivity index (χ2v) is 5.30. The van der Waals surface area contributed by atoms with E-state index in [0.29, 0.717) is 18.8 Å². The lowest BCUT2D eigenvalue weighted by Crippen LogP contribution is -2.29. The van der Waals surface area contributed by atoms with E-state index >= 15 is 0 Å².